The van der Waals surface area contributed by atoms with E-state index in [0.717, 1.165) is 41.8 Å². The lowest BCUT2D eigenvalue weighted by molar-refractivity contribution is 0.235. The number of ether oxygens (including phenoxy) is 3. The van der Waals surface area contributed by atoms with Crippen LogP contribution in [-0.4, -0.2) is 38.9 Å². The molecule has 0 spiro atoms. The zero-order valence-corrected chi connectivity index (χ0v) is 18.2. The molecule has 0 aliphatic heterocycles. The highest BCUT2D eigenvalue weighted by molar-refractivity contribution is 5.87. The lowest BCUT2D eigenvalue weighted by Gasteiger charge is -2.24. The maximum Gasteiger partial charge on any atom is 0.315 e. The van der Waals surface area contributed by atoms with Crippen LogP contribution in [0.5, 0.6) is 17.2 Å². The normalized spacial score (nSPS) is 15.3. The molecule has 0 saturated heterocycles. The predicted molar refractivity (Wildman–Crippen MR) is 120 cm³/mol. The number of methoxy groups -OCH3 is 3. The Balaban J connectivity index is 1.38. The van der Waals surface area contributed by atoms with Gasteiger partial charge in [0.15, 0.2) is 11.5 Å². The number of aryl methyl sites for hydroxylation is 1. The number of hydrogen-bond donors (Lipinski definition) is 3. The summed E-state index contributed by atoms with van der Waals surface area (Å²) in [6, 6.07) is 11.7. The number of H-pyrrole nitrogens is 1. The molecular formula is C24H29N3O4. The first-order valence-corrected chi connectivity index (χ1v) is 10.6. The van der Waals surface area contributed by atoms with Crippen LogP contribution in [0.3, 0.4) is 0 Å². The van der Waals surface area contributed by atoms with Crippen LogP contribution < -0.4 is 24.8 Å². The molecule has 2 amide bonds. The number of urea groups is 1. The molecule has 4 rings (SSSR count). The topological polar surface area (TPSA) is 84.6 Å². The van der Waals surface area contributed by atoms with E-state index in [4.69, 9.17) is 14.2 Å². The molecule has 1 aromatic heterocycles. The molecule has 1 heterocycles. The highest BCUT2D eigenvalue weighted by Crippen LogP contribution is 2.36. The van der Waals surface area contributed by atoms with Gasteiger partial charge >= 0.3 is 6.03 Å². The van der Waals surface area contributed by atoms with Crippen molar-refractivity contribution in [2.24, 2.45) is 0 Å². The van der Waals surface area contributed by atoms with Gasteiger partial charge in [-0.25, -0.2) is 4.79 Å². The third-order valence-electron chi connectivity index (χ3n) is 5.87. The predicted octanol–water partition coefficient (Wildman–Crippen LogP) is 4.11. The molecular weight excluding hydrogens is 394 g/mol. The SMILES string of the molecule is COc1ccc2[nH]c3c(c2c1)CCCC3NC(=O)NCCc1ccc(OC)c(OC)c1. The smallest absolute Gasteiger partial charge is 0.315 e. The summed E-state index contributed by atoms with van der Waals surface area (Å²) in [5.41, 5.74) is 4.52. The summed E-state index contributed by atoms with van der Waals surface area (Å²) in [5.74, 6) is 2.23. The number of benzene rings is 2. The number of carbonyl (C=O) groups is 1. The van der Waals surface area contributed by atoms with E-state index in [1.54, 1.807) is 21.3 Å². The van der Waals surface area contributed by atoms with Gasteiger partial charge in [0.25, 0.3) is 0 Å². The van der Waals surface area contributed by atoms with Crippen molar-refractivity contribution in [2.45, 2.75) is 31.7 Å². The maximum absolute atomic E-state index is 12.5. The summed E-state index contributed by atoms with van der Waals surface area (Å²) < 4.78 is 16.0. The fourth-order valence-electron chi connectivity index (χ4n) is 4.28. The minimum Gasteiger partial charge on any atom is -0.497 e. The van der Waals surface area contributed by atoms with Crippen LogP contribution in [0.1, 0.15) is 35.7 Å². The van der Waals surface area contributed by atoms with Gasteiger partial charge in [0.05, 0.1) is 27.4 Å². The number of fused-ring (bicyclic) bond motifs is 3. The molecule has 1 aliphatic carbocycles. The Hall–Kier alpha value is -3.35. The van der Waals surface area contributed by atoms with Crippen molar-refractivity contribution in [3.8, 4) is 17.2 Å². The second kappa shape index (κ2) is 9.20. The molecule has 0 radical (unpaired) electrons. The molecule has 3 N–H and O–H groups in total. The number of amides is 2. The van der Waals surface area contributed by atoms with E-state index in [1.165, 1.54) is 10.9 Å². The largest absolute Gasteiger partial charge is 0.497 e. The number of carbonyl (C=O) groups excluding carboxylic acids is 1. The minimum atomic E-state index is -0.158. The average Bonchev–Trinajstić information content (AvgIpc) is 3.17. The van der Waals surface area contributed by atoms with E-state index in [1.807, 2.05) is 30.3 Å². The Kier molecular flexibility index (Phi) is 6.21. The van der Waals surface area contributed by atoms with Gasteiger partial charge in [-0.3, -0.25) is 0 Å². The zero-order valence-electron chi connectivity index (χ0n) is 18.2. The summed E-state index contributed by atoms with van der Waals surface area (Å²) in [6.45, 7) is 0.533. The molecule has 1 unspecified atom stereocenters. The first-order chi connectivity index (χ1) is 15.1. The van der Waals surface area contributed by atoms with Crippen molar-refractivity contribution >= 4 is 16.9 Å². The third-order valence-corrected chi connectivity index (χ3v) is 5.87. The van der Waals surface area contributed by atoms with E-state index < -0.39 is 0 Å². The maximum atomic E-state index is 12.5. The Labute approximate surface area is 182 Å². The monoisotopic (exact) mass is 423 g/mol. The molecule has 3 aromatic rings. The molecule has 2 aromatic carbocycles. The van der Waals surface area contributed by atoms with Gasteiger partial charge in [-0.05, 0) is 67.1 Å². The van der Waals surface area contributed by atoms with Crippen molar-refractivity contribution in [3.05, 3.63) is 53.2 Å². The standard InChI is InChI=1S/C24H29N3O4/c1-29-16-8-9-19-18(14-16)17-5-4-6-20(23(17)26-19)27-24(28)25-12-11-15-7-10-21(30-2)22(13-15)31-3/h7-10,13-14,20,26H,4-6,11-12H2,1-3H3,(H2,25,27,28). The van der Waals surface area contributed by atoms with Crippen LogP contribution in [0.2, 0.25) is 0 Å². The zero-order chi connectivity index (χ0) is 21.8. The highest BCUT2D eigenvalue weighted by atomic mass is 16.5. The van der Waals surface area contributed by atoms with Crippen molar-refractivity contribution in [1.82, 2.24) is 15.6 Å². The molecule has 31 heavy (non-hydrogen) atoms. The first-order valence-electron chi connectivity index (χ1n) is 10.6. The minimum absolute atomic E-state index is 0.0248. The van der Waals surface area contributed by atoms with Crippen LogP contribution in [-0.2, 0) is 12.8 Å². The molecule has 7 heteroatoms. The molecule has 0 bridgehead atoms. The van der Waals surface area contributed by atoms with Crippen LogP contribution in [0, 0.1) is 0 Å². The van der Waals surface area contributed by atoms with E-state index in [9.17, 15) is 4.79 Å². The second-order valence-electron chi connectivity index (χ2n) is 7.71. The highest BCUT2D eigenvalue weighted by Gasteiger charge is 2.25. The van der Waals surface area contributed by atoms with E-state index in [2.05, 4.69) is 21.7 Å². The van der Waals surface area contributed by atoms with Crippen molar-refractivity contribution in [2.75, 3.05) is 27.9 Å². The first kappa shape index (κ1) is 20.9. The summed E-state index contributed by atoms with van der Waals surface area (Å²) in [7, 11) is 4.91. The van der Waals surface area contributed by atoms with Crippen LogP contribution >= 0.6 is 0 Å². The van der Waals surface area contributed by atoms with Gasteiger partial charge in [-0.1, -0.05) is 6.07 Å². The van der Waals surface area contributed by atoms with Crippen molar-refractivity contribution in [1.29, 1.82) is 0 Å². The second-order valence-corrected chi connectivity index (χ2v) is 7.71. The molecule has 1 aliphatic rings. The molecule has 1 atom stereocenters. The van der Waals surface area contributed by atoms with Crippen LogP contribution in [0.4, 0.5) is 4.79 Å². The van der Waals surface area contributed by atoms with Crippen LogP contribution in [0.15, 0.2) is 36.4 Å². The number of rotatable bonds is 7. The van der Waals surface area contributed by atoms with E-state index in [0.29, 0.717) is 24.5 Å². The fraction of sp³-hybridized carbons (Fsp3) is 0.375. The van der Waals surface area contributed by atoms with Gasteiger partial charge in [0.2, 0.25) is 0 Å². The van der Waals surface area contributed by atoms with Crippen molar-refractivity contribution in [3.63, 3.8) is 0 Å². The lowest BCUT2D eigenvalue weighted by atomic mass is 9.92. The van der Waals surface area contributed by atoms with Crippen molar-refractivity contribution < 1.29 is 19.0 Å². The summed E-state index contributed by atoms with van der Waals surface area (Å²) in [6.07, 6.45) is 3.66. The van der Waals surface area contributed by atoms with Gasteiger partial charge in [-0.2, -0.15) is 0 Å². The molecule has 0 fully saturated rings. The Morgan fingerprint density at radius 2 is 1.90 bits per heavy atom. The van der Waals surface area contributed by atoms with E-state index in [-0.39, 0.29) is 12.1 Å². The molecule has 164 valence electrons. The number of aromatic nitrogens is 1. The van der Waals surface area contributed by atoms with E-state index >= 15 is 0 Å². The summed E-state index contributed by atoms with van der Waals surface area (Å²) >= 11 is 0. The van der Waals surface area contributed by atoms with Gasteiger partial charge in [0, 0.05) is 23.1 Å². The number of nitrogens with one attached hydrogen (secondary N) is 3. The Morgan fingerprint density at radius 3 is 2.68 bits per heavy atom. The number of hydrogen-bond acceptors (Lipinski definition) is 4. The van der Waals surface area contributed by atoms with Gasteiger partial charge in [0.1, 0.15) is 5.75 Å². The Bertz CT molecular complexity index is 1080. The van der Waals surface area contributed by atoms with Gasteiger partial charge < -0.3 is 29.8 Å². The summed E-state index contributed by atoms with van der Waals surface area (Å²) in [5, 5.41) is 7.28. The Morgan fingerprint density at radius 1 is 1.06 bits per heavy atom. The third kappa shape index (κ3) is 4.40. The number of aromatic amines is 1. The van der Waals surface area contributed by atoms with Gasteiger partial charge in [-0.15, -0.1) is 0 Å². The fourth-order valence-corrected chi connectivity index (χ4v) is 4.28. The lowest BCUT2D eigenvalue weighted by Crippen LogP contribution is -2.40. The van der Waals surface area contributed by atoms with Crippen LogP contribution in [0.25, 0.3) is 10.9 Å². The average molecular weight is 424 g/mol. The molecule has 0 saturated carbocycles. The quantitative estimate of drug-likeness (QED) is 0.534. The molecule has 7 nitrogen and oxygen atoms in total. The summed E-state index contributed by atoms with van der Waals surface area (Å²) in [4.78, 5) is 16.1.